The van der Waals surface area contributed by atoms with Gasteiger partial charge in [0.1, 0.15) is 11.5 Å². The summed E-state index contributed by atoms with van der Waals surface area (Å²) in [5.41, 5.74) is 0. The highest BCUT2D eigenvalue weighted by atomic mass is 32.1. The van der Waals surface area contributed by atoms with E-state index in [1.54, 1.807) is 35.8 Å². The topological polar surface area (TPSA) is 42.4 Å². The molecule has 0 unspecified atom stereocenters. The summed E-state index contributed by atoms with van der Waals surface area (Å²) in [6, 6.07) is 6.65. The van der Waals surface area contributed by atoms with Crippen molar-refractivity contribution in [3.8, 4) is 17.2 Å². The van der Waals surface area contributed by atoms with Crippen LogP contribution < -0.4 is 4.74 Å². The van der Waals surface area contributed by atoms with E-state index in [-0.39, 0.29) is 5.75 Å². The van der Waals surface area contributed by atoms with Crippen LogP contribution in [0.25, 0.3) is 0 Å². The summed E-state index contributed by atoms with van der Waals surface area (Å²) in [6.07, 6.45) is 1.63. The maximum Gasteiger partial charge on any atom is 0.158 e. The molecular weight excluding hydrogens is 186 g/mol. The molecule has 0 aliphatic heterocycles. The number of aromatic nitrogens is 1. The Labute approximate surface area is 79.4 Å². The standard InChI is InChI=1S/C9H7NO2S/c11-7-2-1-3-8(4-7)12-9-5-10-13-6-9/h1-6,11H. The maximum absolute atomic E-state index is 9.15. The van der Waals surface area contributed by atoms with Crippen LogP contribution in [0.5, 0.6) is 17.2 Å². The molecule has 0 atom stereocenters. The molecule has 0 fully saturated rings. The van der Waals surface area contributed by atoms with E-state index >= 15 is 0 Å². The van der Waals surface area contributed by atoms with Gasteiger partial charge in [-0.25, -0.2) is 0 Å². The lowest BCUT2D eigenvalue weighted by Gasteiger charge is -2.01. The summed E-state index contributed by atoms with van der Waals surface area (Å²) < 4.78 is 9.28. The zero-order valence-corrected chi connectivity index (χ0v) is 7.49. The normalized spacial score (nSPS) is 9.85. The number of benzene rings is 1. The number of rotatable bonds is 2. The van der Waals surface area contributed by atoms with Gasteiger partial charge >= 0.3 is 0 Å². The molecule has 3 nitrogen and oxygen atoms in total. The van der Waals surface area contributed by atoms with Gasteiger partial charge in [-0.3, -0.25) is 0 Å². The summed E-state index contributed by atoms with van der Waals surface area (Å²) >= 11 is 1.33. The zero-order chi connectivity index (χ0) is 9.10. The van der Waals surface area contributed by atoms with Crippen LogP contribution in [-0.4, -0.2) is 9.48 Å². The smallest absolute Gasteiger partial charge is 0.158 e. The van der Waals surface area contributed by atoms with Crippen molar-refractivity contribution in [2.45, 2.75) is 0 Å². The van der Waals surface area contributed by atoms with Crippen molar-refractivity contribution in [2.24, 2.45) is 0 Å². The molecule has 2 aromatic rings. The predicted octanol–water partition coefficient (Wildman–Crippen LogP) is 2.64. The van der Waals surface area contributed by atoms with Crippen LogP contribution in [0.4, 0.5) is 0 Å². The number of aromatic hydroxyl groups is 1. The predicted molar refractivity (Wildman–Crippen MR) is 50.3 cm³/mol. The number of ether oxygens (including phenoxy) is 1. The highest BCUT2D eigenvalue weighted by Gasteiger charge is 1.98. The second kappa shape index (κ2) is 3.45. The van der Waals surface area contributed by atoms with E-state index < -0.39 is 0 Å². The van der Waals surface area contributed by atoms with Gasteiger partial charge in [0.2, 0.25) is 0 Å². The van der Waals surface area contributed by atoms with Crippen molar-refractivity contribution >= 4 is 11.5 Å². The molecular formula is C9H7NO2S. The molecule has 1 N–H and O–H groups in total. The van der Waals surface area contributed by atoms with Gasteiger partial charge in [0, 0.05) is 6.07 Å². The minimum Gasteiger partial charge on any atom is -0.508 e. The lowest BCUT2D eigenvalue weighted by molar-refractivity contribution is 0.455. The Bertz CT molecular complexity index is 386. The average molecular weight is 193 g/mol. The van der Waals surface area contributed by atoms with Gasteiger partial charge < -0.3 is 9.84 Å². The van der Waals surface area contributed by atoms with E-state index in [0.717, 1.165) is 0 Å². The second-order valence-corrected chi connectivity index (χ2v) is 3.12. The van der Waals surface area contributed by atoms with Gasteiger partial charge in [-0.2, -0.15) is 4.37 Å². The molecule has 0 bridgehead atoms. The fraction of sp³-hybridized carbons (Fsp3) is 0. The summed E-state index contributed by atoms with van der Waals surface area (Å²) in [7, 11) is 0. The van der Waals surface area contributed by atoms with Gasteiger partial charge in [-0.15, -0.1) is 0 Å². The van der Waals surface area contributed by atoms with Gasteiger partial charge in [0.15, 0.2) is 5.75 Å². The number of hydrogen-bond acceptors (Lipinski definition) is 4. The summed E-state index contributed by atoms with van der Waals surface area (Å²) in [5.74, 6) is 1.50. The van der Waals surface area contributed by atoms with Gasteiger partial charge in [-0.1, -0.05) is 6.07 Å². The third-order valence-corrected chi connectivity index (χ3v) is 2.03. The lowest BCUT2D eigenvalue weighted by Crippen LogP contribution is -1.80. The first-order valence-electron chi connectivity index (χ1n) is 3.71. The molecule has 0 aliphatic rings. The van der Waals surface area contributed by atoms with E-state index in [1.807, 2.05) is 0 Å². The first kappa shape index (κ1) is 8.07. The number of nitrogens with zero attached hydrogens (tertiary/aromatic N) is 1. The molecule has 0 saturated heterocycles. The lowest BCUT2D eigenvalue weighted by atomic mass is 10.3. The third-order valence-electron chi connectivity index (χ3n) is 1.46. The highest BCUT2D eigenvalue weighted by Crippen LogP contribution is 2.24. The van der Waals surface area contributed by atoms with E-state index in [9.17, 15) is 0 Å². The Morgan fingerprint density at radius 3 is 2.92 bits per heavy atom. The third kappa shape index (κ3) is 1.97. The molecule has 1 aromatic carbocycles. The Balaban J connectivity index is 2.19. The van der Waals surface area contributed by atoms with Gasteiger partial charge in [0.05, 0.1) is 11.6 Å². The molecule has 2 rings (SSSR count). The second-order valence-electron chi connectivity index (χ2n) is 2.46. The SMILES string of the molecule is Oc1cccc(Oc2cnsc2)c1. The van der Waals surface area contributed by atoms with Crippen molar-refractivity contribution in [3.63, 3.8) is 0 Å². The van der Waals surface area contributed by atoms with Crippen LogP contribution in [0.15, 0.2) is 35.8 Å². The number of phenolic OH excluding ortho intramolecular Hbond substituents is 1. The molecule has 0 amide bonds. The Kier molecular flexibility index (Phi) is 2.14. The largest absolute Gasteiger partial charge is 0.508 e. The Morgan fingerprint density at radius 1 is 1.31 bits per heavy atom. The fourth-order valence-electron chi connectivity index (χ4n) is 0.929. The van der Waals surface area contributed by atoms with Gasteiger partial charge in [-0.05, 0) is 23.7 Å². The van der Waals surface area contributed by atoms with Crippen LogP contribution in [0, 0.1) is 0 Å². The molecule has 4 heteroatoms. The van der Waals surface area contributed by atoms with E-state index in [2.05, 4.69) is 4.37 Å². The first-order chi connectivity index (χ1) is 6.34. The minimum atomic E-state index is 0.195. The van der Waals surface area contributed by atoms with Crippen LogP contribution in [0.1, 0.15) is 0 Å². The van der Waals surface area contributed by atoms with Crippen LogP contribution in [0.3, 0.4) is 0 Å². The number of hydrogen-bond donors (Lipinski definition) is 1. The molecule has 0 saturated carbocycles. The van der Waals surface area contributed by atoms with Crippen molar-refractivity contribution in [1.29, 1.82) is 0 Å². The van der Waals surface area contributed by atoms with Crippen LogP contribution in [0.2, 0.25) is 0 Å². The van der Waals surface area contributed by atoms with Crippen molar-refractivity contribution in [1.82, 2.24) is 4.37 Å². The van der Waals surface area contributed by atoms with E-state index in [1.165, 1.54) is 11.5 Å². The first-order valence-corrected chi connectivity index (χ1v) is 4.54. The number of phenols is 1. The zero-order valence-electron chi connectivity index (χ0n) is 6.68. The monoisotopic (exact) mass is 193 g/mol. The molecule has 13 heavy (non-hydrogen) atoms. The molecule has 1 heterocycles. The van der Waals surface area contributed by atoms with Crippen LogP contribution >= 0.6 is 11.5 Å². The van der Waals surface area contributed by atoms with E-state index in [0.29, 0.717) is 11.5 Å². The molecule has 0 aliphatic carbocycles. The summed E-state index contributed by atoms with van der Waals surface area (Å²) in [5, 5.41) is 10.9. The maximum atomic E-state index is 9.15. The molecule has 0 radical (unpaired) electrons. The molecule has 66 valence electrons. The van der Waals surface area contributed by atoms with Gasteiger partial charge in [0.25, 0.3) is 0 Å². The fourth-order valence-corrected chi connectivity index (χ4v) is 1.37. The quantitative estimate of drug-likeness (QED) is 0.797. The summed E-state index contributed by atoms with van der Waals surface area (Å²) in [4.78, 5) is 0. The average Bonchev–Trinajstić information content (AvgIpc) is 2.57. The van der Waals surface area contributed by atoms with Crippen LogP contribution in [-0.2, 0) is 0 Å². The molecule has 1 aromatic heterocycles. The highest BCUT2D eigenvalue weighted by molar-refractivity contribution is 7.03. The van der Waals surface area contributed by atoms with Crippen molar-refractivity contribution in [3.05, 3.63) is 35.8 Å². The minimum absolute atomic E-state index is 0.195. The molecule has 0 spiro atoms. The summed E-state index contributed by atoms with van der Waals surface area (Å²) in [6.45, 7) is 0. The Morgan fingerprint density at radius 2 is 2.23 bits per heavy atom. The van der Waals surface area contributed by atoms with Crippen molar-refractivity contribution < 1.29 is 9.84 Å². The van der Waals surface area contributed by atoms with Crippen molar-refractivity contribution in [2.75, 3.05) is 0 Å². The Hall–Kier alpha value is -1.55. The van der Waals surface area contributed by atoms with E-state index in [4.69, 9.17) is 9.84 Å².